The summed E-state index contributed by atoms with van der Waals surface area (Å²) in [5.41, 5.74) is 6.07. The number of hydrogen-bond acceptors (Lipinski definition) is 3. The highest BCUT2D eigenvalue weighted by Crippen LogP contribution is 2.40. The van der Waals surface area contributed by atoms with E-state index in [1.54, 1.807) is 0 Å². The van der Waals surface area contributed by atoms with Crippen LogP contribution in [0.1, 0.15) is 0 Å². The Morgan fingerprint density at radius 2 is 1.40 bits per heavy atom. The molecule has 0 radical (unpaired) electrons. The molecule has 2 aliphatic rings. The van der Waals surface area contributed by atoms with Gasteiger partial charge in [-0.15, -0.1) is 0 Å². The molecule has 146 valence electrons. The van der Waals surface area contributed by atoms with E-state index in [9.17, 15) is 0 Å². The first-order valence-electron chi connectivity index (χ1n) is 9.39. The highest BCUT2D eigenvalue weighted by molar-refractivity contribution is 9.11. The van der Waals surface area contributed by atoms with Crippen LogP contribution < -0.4 is 10.7 Å². The zero-order chi connectivity index (χ0) is 20.7. The Kier molecular flexibility index (Phi) is 4.89. The first kappa shape index (κ1) is 19.0. The highest BCUT2D eigenvalue weighted by atomic mass is 79.9. The molecule has 1 aliphatic carbocycles. The van der Waals surface area contributed by atoms with Gasteiger partial charge < -0.3 is 9.88 Å². The van der Waals surface area contributed by atoms with Gasteiger partial charge in [-0.3, -0.25) is 5.41 Å². The largest absolute Gasteiger partial charge is 0.353 e. The summed E-state index contributed by atoms with van der Waals surface area (Å²) in [6, 6.07) is 28.0. The molecule has 0 spiro atoms. The lowest BCUT2D eigenvalue weighted by Gasteiger charge is -2.23. The van der Waals surface area contributed by atoms with Gasteiger partial charge >= 0.3 is 0 Å². The second kappa shape index (κ2) is 7.70. The number of hydrogen-bond donors (Lipinski definition) is 2. The molecule has 0 atom stereocenters. The minimum absolute atomic E-state index is 0.361. The zero-order valence-electron chi connectivity index (χ0n) is 15.7. The van der Waals surface area contributed by atoms with Crippen LogP contribution in [0, 0.1) is 5.41 Å². The molecule has 0 saturated carbocycles. The molecule has 1 aliphatic heterocycles. The number of aromatic nitrogens is 2. The fourth-order valence-electron chi connectivity index (χ4n) is 3.59. The third-order valence-corrected chi connectivity index (χ3v) is 6.51. The minimum atomic E-state index is 0.361. The number of benzene rings is 4. The van der Waals surface area contributed by atoms with Crippen molar-refractivity contribution in [3.8, 4) is 17.1 Å². The second-order valence-electron chi connectivity index (χ2n) is 6.84. The van der Waals surface area contributed by atoms with Gasteiger partial charge in [-0.1, -0.05) is 48.5 Å². The SMILES string of the molecule is N=c1c(Br)c2n(-c3ccccc3)c3ccccc3nc-2c(Br)c1Nc1ccccc1. The van der Waals surface area contributed by atoms with Crippen molar-refractivity contribution in [2.45, 2.75) is 0 Å². The number of nitrogens with zero attached hydrogens (tertiary/aromatic N) is 2. The van der Waals surface area contributed by atoms with Crippen LogP contribution in [0.25, 0.3) is 28.1 Å². The Morgan fingerprint density at radius 3 is 2.13 bits per heavy atom. The molecule has 2 N–H and O–H groups in total. The van der Waals surface area contributed by atoms with Gasteiger partial charge in [0.2, 0.25) is 0 Å². The molecule has 0 unspecified atom stereocenters. The predicted molar refractivity (Wildman–Crippen MR) is 129 cm³/mol. The Balaban J connectivity index is 1.89. The Bertz CT molecular complexity index is 1400. The van der Waals surface area contributed by atoms with Crippen molar-refractivity contribution in [3.05, 3.63) is 99.2 Å². The molecule has 0 amide bonds. The third kappa shape index (κ3) is 3.13. The maximum absolute atomic E-state index is 8.85. The number of anilines is 2. The maximum atomic E-state index is 8.85. The molecule has 0 bridgehead atoms. The summed E-state index contributed by atoms with van der Waals surface area (Å²) < 4.78 is 3.59. The average Bonchev–Trinajstić information content (AvgIpc) is 2.80. The van der Waals surface area contributed by atoms with Crippen molar-refractivity contribution in [2.24, 2.45) is 0 Å². The van der Waals surface area contributed by atoms with Gasteiger partial charge in [-0.25, -0.2) is 4.98 Å². The van der Waals surface area contributed by atoms with Gasteiger partial charge in [-0.2, -0.15) is 0 Å². The van der Waals surface area contributed by atoms with Crippen molar-refractivity contribution < 1.29 is 0 Å². The van der Waals surface area contributed by atoms with Crippen LogP contribution in [0.3, 0.4) is 0 Å². The first-order chi connectivity index (χ1) is 14.6. The van der Waals surface area contributed by atoms with Gasteiger partial charge in [0.05, 0.1) is 36.7 Å². The third-order valence-electron chi connectivity index (χ3n) is 4.97. The minimum Gasteiger partial charge on any atom is -0.353 e. The molecule has 3 aromatic carbocycles. The monoisotopic (exact) mass is 518 g/mol. The molecular weight excluding hydrogens is 504 g/mol. The van der Waals surface area contributed by atoms with Crippen LogP contribution in [0.4, 0.5) is 11.4 Å². The molecule has 0 fully saturated rings. The lowest BCUT2D eigenvalue weighted by molar-refractivity contribution is 1.05. The van der Waals surface area contributed by atoms with E-state index in [1.165, 1.54) is 0 Å². The molecule has 4 nitrogen and oxygen atoms in total. The topological polar surface area (TPSA) is 53.7 Å². The smallest absolute Gasteiger partial charge is 0.105 e. The number of rotatable bonds is 3. The van der Waals surface area contributed by atoms with Crippen molar-refractivity contribution in [3.63, 3.8) is 0 Å². The molecule has 0 saturated heterocycles. The van der Waals surface area contributed by atoms with Crippen molar-refractivity contribution in [1.29, 1.82) is 5.41 Å². The van der Waals surface area contributed by atoms with Crippen LogP contribution in [0.2, 0.25) is 0 Å². The van der Waals surface area contributed by atoms with Gasteiger partial charge in [0.15, 0.2) is 0 Å². The second-order valence-corrected chi connectivity index (χ2v) is 8.42. The molecular formula is C24H16Br2N4. The molecule has 6 heteroatoms. The van der Waals surface area contributed by atoms with Gasteiger partial charge in [-0.05, 0) is 68.3 Å². The summed E-state index contributed by atoms with van der Waals surface area (Å²) >= 11 is 7.44. The summed E-state index contributed by atoms with van der Waals surface area (Å²) in [6.45, 7) is 0. The molecule has 30 heavy (non-hydrogen) atoms. The lowest BCUT2D eigenvalue weighted by atomic mass is 10.1. The molecule has 1 heterocycles. The predicted octanol–water partition coefficient (Wildman–Crippen LogP) is 6.88. The van der Waals surface area contributed by atoms with E-state index in [1.807, 2.05) is 66.7 Å². The van der Waals surface area contributed by atoms with Gasteiger partial charge in [0, 0.05) is 11.4 Å². The Hall–Kier alpha value is -2.96. The normalized spacial score (nSPS) is 11.1. The average molecular weight is 520 g/mol. The quantitative estimate of drug-likeness (QED) is 0.255. The van der Waals surface area contributed by atoms with E-state index in [0.717, 1.165) is 38.3 Å². The van der Waals surface area contributed by atoms with Crippen LogP contribution in [-0.4, -0.2) is 9.55 Å². The van der Waals surface area contributed by atoms with Crippen molar-refractivity contribution in [1.82, 2.24) is 9.55 Å². The number of halogens is 2. The van der Waals surface area contributed by atoms with Crippen LogP contribution in [-0.2, 0) is 0 Å². The highest BCUT2D eigenvalue weighted by Gasteiger charge is 2.24. The van der Waals surface area contributed by atoms with Crippen molar-refractivity contribution in [2.75, 3.05) is 5.32 Å². The van der Waals surface area contributed by atoms with Crippen LogP contribution in [0.15, 0.2) is 93.9 Å². The van der Waals surface area contributed by atoms with E-state index in [0.29, 0.717) is 15.5 Å². The van der Waals surface area contributed by atoms with Gasteiger partial charge in [0.25, 0.3) is 0 Å². The number of para-hydroxylation sites is 4. The molecule has 5 rings (SSSR count). The number of nitrogens with one attached hydrogen (secondary N) is 2. The van der Waals surface area contributed by atoms with E-state index in [2.05, 4.69) is 59.9 Å². The summed E-state index contributed by atoms with van der Waals surface area (Å²) in [6.07, 6.45) is 0. The first-order valence-corrected chi connectivity index (χ1v) is 11.0. The summed E-state index contributed by atoms with van der Waals surface area (Å²) in [4.78, 5) is 4.95. The summed E-state index contributed by atoms with van der Waals surface area (Å²) in [5, 5.41) is 12.6. The summed E-state index contributed by atoms with van der Waals surface area (Å²) in [7, 11) is 0. The lowest BCUT2D eigenvalue weighted by Crippen LogP contribution is -2.17. The van der Waals surface area contributed by atoms with E-state index in [4.69, 9.17) is 10.4 Å². The van der Waals surface area contributed by atoms with E-state index < -0.39 is 0 Å². The van der Waals surface area contributed by atoms with Gasteiger partial charge in [0.1, 0.15) is 5.69 Å². The molecule has 0 aromatic heterocycles. The Labute approximate surface area is 190 Å². The fraction of sp³-hybridized carbons (Fsp3) is 0. The fourth-order valence-corrected chi connectivity index (χ4v) is 4.72. The van der Waals surface area contributed by atoms with E-state index >= 15 is 0 Å². The number of fused-ring (bicyclic) bond motifs is 2. The standard InChI is InChI=1S/C24H16Br2N4/c25-19-21(27)22(28-15-9-3-1-4-10-15)20(26)23-24(19)30(16-11-5-2-6-12-16)18-14-8-7-13-17(18)29-23/h1-14,27-28H. The zero-order valence-corrected chi connectivity index (χ0v) is 18.9. The van der Waals surface area contributed by atoms with E-state index in [-0.39, 0.29) is 0 Å². The van der Waals surface area contributed by atoms with Crippen LogP contribution in [0.5, 0.6) is 0 Å². The summed E-state index contributed by atoms with van der Waals surface area (Å²) in [5.74, 6) is 0. The van der Waals surface area contributed by atoms with Crippen LogP contribution >= 0.6 is 31.9 Å². The Morgan fingerprint density at radius 1 is 0.767 bits per heavy atom. The molecule has 3 aromatic rings. The van der Waals surface area contributed by atoms with Crippen molar-refractivity contribution >= 4 is 54.3 Å². The maximum Gasteiger partial charge on any atom is 0.105 e.